The van der Waals surface area contributed by atoms with Crippen molar-refractivity contribution in [3.05, 3.63) is 60.2 Å². The fraction of sp³-hybridized carbons (Fsp3) is 0.278. The van der Waals surface area contributed by atoms with Crippen molar-refractivity contribution in [2.24, 2.45) is 5.92 Å². The van der Waals surface area contributed by atoms with Gasteiger partial charge in [0.25, 0.3) is 0 Å². The molecule has 0 heterocycles. The zero-order valence-corrected chi connectivity index (χ0v) is 12.2. The molecule has 1 fully saturated rings. The molecular formula is C18H20N2O. The second kappa shape index (κ2) is 6.00. The maximum Gasteiger partial charge on any atom is 0.221 e. The molecule has 3 nitrogen and oxygen atoms in total. The van der Waals surface area contributed by atoms with E-state index in [0.717, 1.165) is 17.3 Å². The summed E-state index contributed by atoms with van der Waals surface area (Å²) in [5, 5.41) is 6.41. The number of hydrogen-bond acceptors (Lipinski definition) is 2. The molecule has 1 aliphatic rings. The molecule has 21 heavy (non-hydrogen) atoms. The van der Waals surface area contributed by atoms with Gasteiger partial charge in [0.05, 0.1) is 6.04 Å². The van der Waals surface area contributed by atoms with Crippen LogP contribution in [0.15, 0.2) is 54.6 Å². The molecule has 3 rings (SSSR count). The van der Waals surface area contributed by atoms with Crippen LogP contribution >= 0.6 is 0 Å². The summed E-state index contributed by atoms with van der Waals surface area (Å²) in [5.74, 6) is 0.679. The van der Waals surface area contributed by atoms with Crippen LogP contribution in [0.3, 0.4) is 0 Å². The van der Waals surface area contributed by atoms with E-state index < -0.39 is 0 Å². The van der Waals surface area contributed by atoms with E-state index in [1.165, 1.54) is 25.3 Å². The number of amides is 1. The monoisotopic (exact) mass is 280 g/mol. The van der Waals surface area contributed by atoms with E-state index in [0.29, 0.717) is 6.04 Å². The van der Waals surface area contributed by atoms with Gasteiger partial charge < -0.3 is 10.6 Å². The van der Waals surface area contributed by atoms with Gasteiger partial charge in [0, 0.05) is 18.3 Å². The maximum atomic E-state index is 11.0. The van der Waals surface area contributed by atoms with Crippen LogP contribution in [0, 0.1) is 5.92 Å². The standard InChI is InChI=1S/C18H20N2O/c1-13(21)19-16-9-11-17(12-10-16)20-18(15-7-8-15)14-5-3-2-4-6-14/h2-6,9-12,15,18,20H,7-8H2,1H3,(H,19,21). The summed E-state index contributed by atoms with van der Waals surface area (Å²) in [6.07, 6.45) is 2.58. The van der Waals surface area contributed by atoms with Gasteiger partial charge in [-0.2, -0.15) is 0 Å². The molecule has 0 saturated heterocycles. The Hall–Kier alpha value is -2.29. The van der Waals surface area contributed by atoms with E-state index >= 15 is 0 Å². The molecule has 0 aliphatic heterocycles. The summed E-state index contributed by atoms with van der Waals surface area (Å²) in [7, 11) is 0. The first kappa shape index (κ1) is 13.7. The number of benzene rings is 2. The Balaban J connectivity index is 1.73. The van der Waals surface area contributed by atoms with Gasteiger partial charge in [-0.3, -0.25) is 4.79 Å². The molecule has 2 N–H and O–H groups in total. The Bertz CT molecular complexity index is 603. The van der Waals surface area contributed by atoms with Gasteiger partial charge in [-0.15, -0.1) is 0 Å². The lowest BCUT2D eigenvalue weighted by atomic mass is 10.0. The van der Waals surface area contributed by atoms with Crippen molar-refractivity contribution in [3.8, 4) is 0 Å². The van der Waals surface area contributed by atoms with Gasteiger partial charge >= 0.3 is 0 Å². The Morgan fingerprint density at radius 1 is 1.00 bits per heavy atom. The highest BCUT2D eigenvalue weighted by molar-refractivity contribution is 5.88. The molecule has 1 aliphatic carbocycles. The van der Waals surface area contributed by atoms with Gasteiger partial charge in [-0.05, 0) is 48.6 Å². The molecule has 108 valence electrons. The first-order valence-electron chi connectivity index (χ1n) is 7.41. The fourth-order valence-corrected chi connectivity index (χ4v) is 2.60. The van der Waals surface area contributed by atoms with Crippen molar-refractivity contribution >= 4 is 17.3 Å². The van der Waals surface area contributed by atoms with Crippen LogP contribution < -0.4 is 10.6 Å². The second-order valence-corrected chi connectivity index (χ2v) is 5.63. The molecule has 3 heteroatoms. The smallest absolute Gasteiger partial charge is 0.221 e. The first-order chi connectivity index (χ1) is 10.2. The van der Waals surface area contributed by atoms with Crippen molar-refractivity contribution in [1.82, 2.24) is 0 Å². The van der Waals surface area contributed by atoms with E-state index in [9.17, 15) is 4.79 Å². The SMILES string of the molecule is CC(=O)Nc1ccc(NC(c2ccccc2)C2CC2)cc1. The number of nitrogens with one attached hydrogen (secondary N) is 2. The third kappa shape index (κ3) is 3.63. The van der Waals surface area contributed by atoms with E-state index in [2.05, 4.69) is 41.0 Å². The zero-order chi connectivity index (χ0) is 14.7. The maximum absolute atomic E-state index is 11.0. The molecule has 1 saturated carbocycles. The number of carbonyl (C=O) groups excluding carboxylic acids is 1. The number of carbonyl (C=O) groups is 1. The largest absolute Gasteiger partial charge is 0.378 e. The van der Waals surface area contributed by atoms with Crippen molar-refractivity contribution in [2.75, 3.05) is 10.6 Å². The predicted molar refractivity (Wildman–Crippen MR) is 86.3 cm³/mol. The molecule has 1 atom stereocenters. The van der Waals surface area contributed by atoms with Crippen molar-refractivity contribution < 1.29 is 4.79 Å². The lowest BCUT2D eigenvalue weighted by Gasteiger charge is -2.20. The molecule has 0 spiro atoms. The first-order valence-corrected chi connectivity index (χ1v) is 7.41. The Morgan fingerprint density at radius 2 is 1.62 bits per heavy atom. The summed E-state index contributed by atoms with van der Waals surface area (Å²) >= 11 is 0. The van der Waals surface area contributed by atoms with Gasteiger partial charge in [-0.25, -0.2) is 0 Å². The van der Waals surface area contributed by atoms with Crippen LogP contribution in [0.5, 0.6) is 0 Å². The number of anilines is 2. The summed E-state index contributed by atoms with van der Waals surface area (Å²) in [6, 6.07) is 18.9. The summed E-state index contributed by atoms with van der Waals surface area (Å²) < 4.78 is 0. The molecule has 0 radical (unpaired) electrons. The van der Waals surface area contributed by atoms with Crippen LogP contribution in [0.25, 0.3) is 0 Å². The third-order valence-corrected chi connectivity index (χ3v) is 3.78. The molecule has 0 bridgehead atoms. The predicted octanol–water partition coefficient (Wildman–Crippen LogP) is 4.21. The fourth-order valence-electron chi connectivity index (χ4n) is 2.60. The van der Waals surface area contributed by atoms with E-state index in [-0.39, 0.29) is 5.91 Å². The number of hydrogen-bond donors (Lipinski definition) is 2. The van der Waals surface area contributed by atoms with Crippen LogP contribution in [-0.2, 0) is 4.79 Å². The quantitative estimate of drug-likeness (QED) is 0.861. The average Bonchev–Trinajstić information content (AvgIpc) is 3.31. The van der Waals surface area contributed by atoms with Gasteiger partial charge in [-0.1, -0.05) is 30.3 Å². The topological polar surface area (TPSA) is 41.1 Å². The van der Waals surface area contributed by atoms with Crippen molar-refractivity contribution in [1.29, 1.82) is 0 Å². The van der Waals surface area contributed by atoms with Crippen LogP contribution in [0.4, 0.5) is 11.4 Å². The van der Waals surface area contributed by atoms with Crippen molar-refractivity contribution in [3.63, 3.8) is 0 Å². The third-order valence-electron chi connectivity index (χ3n) is 3.78. The van der Waals surface area contributed by atoms with E-state index in [1.54, 1.807) is 0 Å². The number of rotatable bonds is 5. The molecular weight excluding hydrogens is 260 g/mol. The lowest BCUT2D eigenvalue weighted by Crippen LogP contribution is -2.13. The van der Waals surface area contributed by atoms with Gasteiger partial charge in [0.1, 0.15) is 0 Å². The molecule has 0 aromatic heterocycles. The minimum absolute atomic E-state index is 0.0455. The Kier molecular flexibility index (Phi) is 3.91. The molecule has 2 aromatic carbocycles. The molecule has 1 amide bonds. The van der Waals surface area contributed by atoms with E-state index in [4.69, 9.17) is 0 Å². The van der Waals surface area contributed by atoms with Gasteiger partial charge in [0.2, 0.25) is 5.91 Å². The highest BCUT2D eigenvalue weighted by Gasteiger charge is 2.32. The minimum atomic E-state index is -0.0455. The highest BCUT2D eigenvalue weighted by Crippen LogP contribution is 2.42. The van der Waals surface area contributed by atoms with Gasteiger partial charge in [0.15, 0.2) is 0 Å². The summed E-state index contributed by atoms with van der Waals surface area (Å²) in [5.41, 5.74) is 3.26. The van der Waals surface area contributed by atoms with Crippen LogP contribution in [0.2, 0.25) is 0 Å². The normalized spacial score (nSPS) is 15.3. The average molecular weight is 280 g/mol. The highest BCUT2D eigenvalue weighted by atomic mass is 16.1. The minimum Gasteiger partial charge on any atom is -0.378 e. The Morgan fingerprint density at radius 3 is 2.19 bits per heavy atom. The van der Waals surface area contributed by atoms with Crippen LogP contribution in [0.1, 0.15) is 31.4 Å². The molecule has 1 unspecified atom stereocenters. The van der Waals surface area contributed by atoms with Crippen molar-refractivity contribution in [2.45, 2.75) is 25.8 Å². The summed E-state index contributed by atoms with van der Waals surface area (Å²) in [4.78, 5) is 11.0. The van der Waals surface area contributed by atoms with E-state index in [1.807, 2.05) is 24.3 Å². The summed E-state index contributed by atoms with van der Waals surface area (Å²) in [6.45, 7) is 1.52. The Labute approximate surface area is 125 Å². The van der Waals surface area contributed by atoms with Crippen LogP contribution in [-0.4, -0.2) is 5.91 Å². The lowest BCUT2D eigenvalue weighted by molar-refractivity contribution is -0.114. The second-order valence-electron chi connectivity index (χ2n) is 5.63. The molecule has 2 aromatic rings. The zero-order valence-electron chi connectivity index (χ0n) is 12.2.